The van der Waals surface area contributed by atoms with Gasteiger partial charge in [-0.3, -0.25) is 44.1 Å². The van der Waals surface area contributed by atoms with Crippen LogP contribution in [0.4, 0.5) is 0 Å². The Kier molecular flexibility index (Phi) is 27.8. The Hall–Kier alpha value is -4.19. The Balaban J connectivity index is 5.94. The van der Waals surface area contributed by atoms with Crippen LogP contribution in [0.2, 0.25) is 0 Å². The summed E-state index contributed by atoms with van der Waals surface area (Å²) in [4.78, 5) is 86.5. The number of imide groups is 1. The van der Waals surface area contributed by atoms with Crippen LogP contribution in [0.1, 0.15) is 117 Å². The molecule has 0 heterocycles. The summed E-state index contributed by atoms with van der Waals surface area (Å²) in [5.74, 6) is -4.88. The molecule has 0 aliphatic carbocycles. The van der Waals surface area contributed by atoms with Crippen LogP contribution in [0.3, 0.4) is 0 Å². The van der Waals surface area contributed by atoms with Gasteiger partial charge in [-0.1, -0.05) is 59.3 Å². The van der Waals surface area contributed by atoms with Crippen molar-refractivity contribution >= 4 is 59.0 Å². The Labute approximate surface area is 325 Å². The Bertz CT molecular complexity index is 1210. The first-order valence-corrected chi connectivity index (χ1v) is 19.6. The van der Waals surface area contributed by atoms with Gasteiger partial charge >= 0.3 is 0 Å². The van der Waals surface area contributed by atoms with Crippen molar-refractivity contribution < 1.29 is 28.8 Å². The van der Waals surface area contributed by atoms with Crippen molar-refractivity contribution in [2.45, 2.75) is 141 Å². The largest absolute Gasteiger partial charge is 0.370 e. The summed E-state index contributed by atoms with van der Waals surface area (Å²) in [5, 5.41) is 13.0. The third-order valence-corrected chi connectivity index (χ3v) is 8.64. The van der Waals surface area contributed by atoms with Crippen molar-refractivity contribution in [3.05, 3.63) is 0 Å². The number of guanidine groups is 2. The molecule has 0 bridgehead atoms. The van der Waals surface area contributed by atoms with Gasteiger partial charge in [0.2, 0.25) is 35.4 Å². The van der Waals surface area contributed by atoms with E-state index in [1.165, 1.54) is 12.8 Å². The van der Waals surface area contributed by atoms with Gasteiger partial charge in [0.1, 0.15) is 30.0 Å². The lowest BCUT2D eigenvalue weighted by Crippen LogP contribution is -2.59. The summed E-state index contributed by atoms with van der Waals surface area (Å²) in [6.45, 7) is 6.35. The predicted octanol–water partition coefficient (Wildman–Crippen LogP) is -0.160. The minimum absolute atomic E-state index is 0.0628. The third-order valence-electron chi connectivity index (χ3n) is 8.39. The van der Waals surface area contributed by atoms with E-state index in [0.29, 0.717) is 32.2 Å². The summed E-state index contributed by atoms with van der Waals surface area (Å²) in [6.07, 6.45) is 9.62. The number of carbonyl (C=O) groups excluding carboxylic acids is 6. The highest BCUT2D eigenvalue weighted by molar-refractivity contribution is 6.28. The van der Waals surface area contributed by atoms with Crippen molar-refractivity contribution in [1.82, 2.24) is 26.6 Å². The number of hydrogen-bond acceptors (Lipinski definition) is 9. The fourth-order valence-corrected chi connectivity index (χ4v) is 5.46. The van der Waals surface area contributed by atoms with E-state index in [-0.39, 0.29) is 63.0 Å². The van der Waals surface area contributed by atoms with E-state index in [0.717, 1.165) is 25.7 Å². The molecule has 0 unspecified atom stereocenters. The number of nitrogens with zero attached hydrogens (tertiary/aromatic N) is 2. The number of halogens is 1. The highest BCUT2D eigenvalue weighted by Crippen LogP contribution is 2.11. The molecule has 310 valence electrons. The molecule has 0 aliphatic rings. The smallest absolute Gasteiger partial charge is 0.249 e. The molecule has 18 nitrogen and oxygen atoms in total. The maximum absolute atomic E-state index is 13.8. The van der Waals surface area contributed by atoms with Crippen LogP contribution < -0.4 is 55.3 Å². The standard InChI is InChI=1S/C35H67ClN12O6/c1-4-5-6-7-8-9-10-18-27(49)44-24(16-13-20-42-34(38)39)32(53)48-29(23(2)3)33(54)46-25(15-11-12-19-37)30(51)45-26(17-14-21-43-35(40)41)31(52)47-28(50)22-36/h23-26,29H,4-22,37H2,1-3H3,(H,44,49)(H,45,51)(H,46,54)(H,48,53)(H4,38,39,42)(H4,40,41,43)(H,47,50,52)/t24-,25-,26-,29-/m0/s1. The Morgan fingerprint density at radius 1 is 0.574 bits per heavy atom. The first-order chi connectivity index (χ1) is 25.7. The van der Waals surface area contributed by atoms with Crippen LogP contribution in [0, 0.1) is 5.92 Å². The van der Waals surface area contributed by atoms with Gasteiger partial charge in [0.05, 0.1) is 0 Å². The average molecular weight is 787 g/mol. The maximum atomic E-state index is 13.8. The van der Waals surface area contributed by atoms with Crippen LogP contribution in [-0.4, -0.2) is 97.0 Å². The normalized spacial score (nSPS) is 13.1. The van der Waals surface area contributed by atoms with Gasteiger partial charge < -0.3 is 49.9 Å². The number of unbranched alkanes of at least 4 members (excludes halogenated alkanes) is 7. The van der Waals surface area contributed by atoms with Crippen LogP contribution in [0.25, 0.3) is 0 Å². The fraction of sp³-hybridized carbons (Fsp3) is 0.771. The Morgan fingerprint density at radius 2 is 1.06 bits per heavy atom. The number of rotatable bonds is 30. The van der Waals surface area contributed by atoms with E-state index < -0.39 is 65.5 Å². The summed E-state index contributed by atoms with van der Waals surface area (Å²) in [6, 6.07) is -4.38. The second kappa shape index (κ2) is 30.2. The van der Waals surface area contributed by atoms with Crippen LogP contribution in [0.5, 0.6) is 0 Å². The van der Waals surface area contributed by atoms with Gasteiger partial charge in [0.25, 0.3) is 0 Å². The topological polar surface area (TPSA) is 317 Å². The number of nitrogens with two attached hydrogens (primary N) is 5. The van der Waals surface area contributed by atoms with Gasteiger partial charge in [0.15, 0.2) is 11.9 Å². The van der Waals surface area contributed by atoms with E-state index in [9.17, 15) is 28.8 Å². The van der Waals surface area contributed by atoms with E-state index in [1.54, 1.807) is 13.8 Å². The predicted molar refractivity (Wildman–Crippen MR) is 212 cm³/mol. The summed E-state index contributed by atoms with van der Waals surface area (Å²) < 4.78 is 0. The van der Waals surface area contributed by atoms with Crippen molar-refractivity contribution in [3.8, 4) is 0 Å². The minimum Gasteiger partial charge on any atom is -0.370 e. The average Bonchev–Trinajstić information content (AvgIpc) is 3.11. The fourth-order valence-electron chi connectivity index (χ4n) is 5.40. The molecule has 54 heavy (non-hydrogen) atoms. The molecule has 0 aromatic carbocycles. The number of nitrogens with one attached hydrogen (secondary N) is 5. The van der Waals surface area contributed by atoms with Crippen molar-refractivity contribution in [1.29, 1.82) is 0 Å². The Morgan fingerprint density at radius 3 is 1.57 bits per heavy atom. The second-order valence-corrected chi connectivity index (χ2v) is 13.8. The first kappa shape index (κ1) is 49.8. The molecule has 0 aliphatic heterocycles. The zero-order chi connectivity index (χ0) is 40.9. The molecule has 0 fully saturated rings. The first-order valence-electron chi connectivity index (χ1n) is 19.1. The molecular formula is C35H67ClN12O6. The third kappa shape index (κ3) is 24.2. The lowest BCUT2D eigenvalue weighted by Gasteiger charge is -2.28. The highest BCUT2D eigenvalue weighted by Gasteiger charge is 2.32. The molecule has 0 saturated carbocycles. The molecule has 0 aromatic rings. The number of amides is 6. The lowest BCUT2D eigenvalue weighted by atomic mass is 10.00. The number of hydrogen-bond donors (Lipinski definition) is 10. The van der Waals surface area contributed by atoms with Gasteiger partial charge in [-0.25, -0.2) is 0 Å². The van der Waals surface area contributed by atoms with Gasteiger partial charge in [0, 0.05) is 19.5 Å². The molecule has 0 rings (SSSR count). The quantitative estimate of drug-likeness (QED) is 0.0197. The molecule has 15 N–H and O–H groups in total. The number of carbonyl (C=O) groups is 6. The van der Waals surface area contributed by atoms with Crippen molar-refractivity contribution in [2.24, 2.45) is 44.6 Å². The van der Waals surface area contributed by atoms with Gasteiger partial charge in [-0.15, -0.1) is 11.6 Å². The molecule has 0 radical (unpaired) electrons. The van der Waals surface area contributed by atoms with E-state index in [4.69, 9.17) is 40.3 Å². The van der Waals surface area contributed by atoms with E-state index >= 15 is 0 Å². The lowest BCUT2D eigenvalue weighted by molar-refractivity contribution is -0.136. The summed E-state index contributed by atoms with van der Waals surface area (Å²) in [5.41, 5.74) is 27.3. The summed E-state index contributed by atoms with van der Waals surface area (Å²) >= 11 is 5.55. The zero-order valence-electron chi connectivity index (χ0n) is 32.4. The van der Waals surface area contributed by atoms with E-state index in [1.807, 2.05) is 0 Å². The molecular weight excluding hydrogens is 720 g/mol. The number of alkyl halides is 1. The van der Waals surface area contributed by atoms with E-state index in [2.05, 4.69) is 43.5 Å². The number of aliphatic imine (C=N–C) groups is 2. The minimum atomic E-state index is -1.18. The van der Waals surface area contributed by atoms with Crippen molar-refractivity contribution in [2.75, 3.05) is 25.5 Å². The van der Waals surface area contributed by atoms with Gasteiger partial charge in [-0.05, 0) is 63.8 Å². The molecule has 0 saturated heterocycles. The molecule has 0 spiro atoms. The second-order valence-electron chi connectivity index (χ2n) is 13.6. The highest BCUT2D eigenvalue weighted by atomic mass is 35.5. The van der Waals surface area contributed by atoms with Crippen LogP contribution in [0.15, 0.2) is 9.98 Å². The van der Waals surface area contributed by atoms with Gasteiger partial charge in [-0.2, -0.15) is 0 Å². The van der Waals surface area contributed by atoms with Crippen molar-refractivity contribution in [3.63, 3.8) is 0 Å². The zero-order valence-corrected chi connectivity index (χ0v) is 33.2. The maximum Gasteiger partial charge on any atom is 0.249 e. The van der Waals surface area contributed by atoms with Crippen LogP contribution >= 0.6 is 11.6 Å². The SMILES string of the molecule is CCCCCCCCCC(=O)N[C@@H](CCCN=C(N)N)C(=O)N[C@H](C(=O)N[C@@H](CCCCN)C(=O)N[C@@H](CCCN=C(N)N)C(=O)NC(=O)CCl)C(C)C. The summed E-state index contributed by atoms with van der Waals surface area (Å²) in [7, 11) is 0. The monoisotopic (exact) mass is 786 g/mol. The molecule has 0 aromatic heterocycles. The van der Waals surface area contributed by atoms with Crippen LogP contribution in [-0.2, 0) is 28.8 Å². The molecule has 6 amide bonds. The molecule has 19 heteroatoms. The molecule has 4 atom stereocenters.